The molecule has 0 radical (unpaired) electrons. The third-order valence-corrected chi connectivity index (χ3v) is 3.86. The van der Waals surface area contributed by atoms with E-state index >= 15 is 0 Å². The summed E-state index contributed by atoms with van der Waals surface area (Å²) in [5, 5.41) is 15.5. The van der Waals surface area contributed by atoms with Crippen LogP contribution in [0.3, 0.4) is 0 Å². The summed E-state index contributed by atoms with van der Waals surface area (Å²) in [5.74, 6) is 0.773. The number of hydrogen-bond acceptors (Lipinski definition) is 3. The van der Waals surface area contributed by atoms with Crippen molar-refractivity contribution in [2.24, 2.45) is 5.41 Å². The second kappa shape index (κ2) is 8.53. The Kier molecular flexibility index (Phi) is 6.42. The fourth-order valence-electron chi connectivity index (χ4n) is 2.11. The first-order valence-electron chi connectivity index (χ1n) is 8.35. The van der Waals surface area contributed by atoms with Gasteiger partial charge in [0.05, 0.1) is 6.10 Å². The van der Waals surface area contributed by atoms with Crippen LogP contribution in [0.2, 0.25) is 0 Å². The molecule has 2 amide bonds. The summed E-state index contributed by atoms with van der Waals surface area (Å²) in [4.78, 5) is 12.1. The third-order valence-electron chi connectivity index (χ3n) is 3.86. The van der Waals surface area contributed by atoms with E-state index in [0.29, 0.717) is 12.3 Å². The summed E-state index contributed by atoms with van der Waals surface area (Å²) < 4.78 is 5.75. The molecule has 2 aromatic rings. The van der Waals surface area contributed by atoms with Crippen molar-refractivity contribution in [3.8, 4) is 5.75 Å². The van der Waals surface area contributed by atoms with Crippen LogP contribution in [0.1, 0.15) is 26.3 Å². The average Bonchev–Trinajstić information content (AvgIpc) is 2.59. The first kappa shape index (κ1) is 18.8. The molecule has 0 saturated carbocycles. The topological polar surface area (TPSA) is 70.6 Å². The number of carbonyl (C=O) groups excluding carboxylic acids is 1. The number of nitrogens with one attached hydrogen (secondary N) is 2. The molecule has 3 N–H and O–H groups in total. The fourth-order valence-corrected chi connectivity index (χ4v) is 2.11. The highest BCUT2D eigenvalue weighted by atomic mass is 16.5. The molecule has 0 spiro atoms. The highest BCUT2D eigenvalue weighted by Gasteiger charge is 2.22. The maximum Gasteiger partial charge on any atom is 0.319 e. The Morgan fingerprint density at radius 1 is 1.08 bits per heavy atom. The minimum absolute atomic E-state index is 0.192. The smallest absolute Gasteiger partial charge is 0.319 e. The Balaban J connectivity index is 1.92. The second-order valence-electron chi connectivity index (χ2n) is 6.98. The minimum atomic E-state index is -0.616. The first-order chi connectivity index (χ1) is 11.9. The Labute approximate surface area is 149 Å². The predicted octanol–water partition coefficient (Wildman–Crippen LogP) is 3.79. The van der Waals surface area contributed by atoms with E-state index in [1.807, 2.05) is 75.4 Å². The molecule has 2 rings (SSSR count). The zero-order chi connectivity index (χ0) is 18.3. The van der Waals surface area contributed by atoms with Gasteiger partial charge in [-0.1, -0.05) is 57.2 Å². The lowest BCUT2D eigenvalue weighted by atomic mass is 9.89. The van der Waals surface area contributed by atoms with Gasteiger partial charge in [-0.15, -0.1) is 0 Å². The van der Waals surface area contributed by atoms with Gasteiger partial charge in [0.15, 0.2) is 0 Å². The lowest BCUT2D eigenvalue weighted by molar-refractivity contribution is 0.0654. The maximum absolute atomic E-state index is 12.1. The van der Waals surface area contributed by atoms with Crippen molar-refractivity contribution in [1.82, 2.24) is 5.32 Å². The highest BCUT2D eigenvalue weighted by Crippen LogP contribution is 2.19. The Bertz CT molecular complexity index is 681. The van der Waals surface area contributed by atoms with E-state index in [-0.39, 0.29) is 18.0 Å². The van der Waals surface area contributed by atoms with Crippen LogP contribution in [0.4, 0.5) is 10.5 Å². The van der Waals surface area contributed by atoms with Crippen LogP contribution < -0.4 is 15.4 Å². The van der Waals surface area contributed by atoms with E-state index in [1.165, 1.54) is 0 Å². The maximum atomic E-state index is 12.1. The van der Waals surface area contributed by atoms with Gasteiger partial charge in [-0.2, -0.15) is 0 Å². The molecule has 0 bridgehead atoms. The Morgan fingerprint density at radius 2 is 1.72 bits per heavy atom. The Morgan fingerprint density at radius 3 is 2.40 bits per heavy atom. The third kappa shape index (κ3) is 6.12. The van der Waals surface area contributed by atoms with Gasteiger partial charge in [-0.05, 0) is 23.6 Å². The first-order valence-corrected chi connectivity index (χ1v) is 8.35. The molecule has 0 aliphatic heterocycles. The van der Waals surface area contributed by atoms with Crippen LogP contribution in [0.15, 0.2) is 54.6 Å². The molecule has 0 fully saturated rings. The van der Waals surface area contributed by atoms with Crippen LogP contribution >= 0.6 is 0 Å². The van der Waals surface area contributed by atoms with Gasteiger partial charge >= 0.3 is 6.03 Å². The van der Waals surface area contributed by atoms with E-state index in [2.05, 4.69) is 10.6 Å². The van der Waals surface area contributed by atoms with Gasteiger partial charge in [-0.3, -0.25) is 0 Å². The molecule has 1 atom stereocenters. The van der Waals surface area contributed by atoms with Crippen LogP contribution in [-0.2, 0) is 6.61 Å². The number of hydrogen-bond donors (Lipinski definition) is 3. The van der Waals surface area contributed by atoms with Gasteiger partial charge in [0.1, 0.15) is 12.4 Å². The van der Waals surface area contributed by atoms with E-state index in [4.69, 9.17) is 4.74 Å². The summed E-state index contributed by atoms with van der Waals surface area (Å²) in [7, 11) is 0. The van der Waals surface area contributed by atoms with Crippen LogP contribution in [0, 0.1) is 5.41 Å². The van der Waals surface area contributed by atoms with Crippen molar-refractivity contribution in [3.63, 3.8) is 0 Å². The molecule has 0 saturated heterocycles. The molecule has 0 aromatic heterocycles. The van der Waals surface area contributed by atoms with Crippen molar-refractivity contribution in [2.45, 2.75) is 33.5 Å². The molecular weight excluding hydrogens is 316 g/mol. The minimum Gasteiger partial charge on any atom is -0.489 e. The number of para-hydroxylation sites is 2. The number of aliphatic hydroxyl groups excluding tert-OH is 1. The number of benzene rings is 2. The van der Waals surface area contributed by atoms with Gasteiger partial charge < -0.3 is 20.5 Å². The lowest BCUT2D eigenvalue weighted by Crippen LogP contribution is -2.41. The van der Waals surface area contributed by atoms with Gasteiger partial charge in [0, 0.05) is 17.8 Å². The van der Waals surface area contributed by atoms with Crippen LogP contribution in [0.5, 0.6) is 5.75 Å². The number of aliphatic hydroxyl groups is 1. The molecule has 5 heteroatoms. The lowest BCUT2D eigenvalue weighted by Gasteiger charge is -2.26. The van der Waals surface area contributed by atoms with Crippen molar-refractivity contribution in [3.05, 3.63) is 60.2 Å². The number of anilines is 1. The number of urea groups is 1. The number of ether oxygens (including phenoxy) is 1. The summed E-state index contributed by atoms with van der Waals surface area (Å²) >= 11 is 0. The van der Waals surface area contributed by atoms with Crippen LogP contribution in [0.25, 0.3) is 0 Å². The number of carbonyl (C=O) groups is 1. The molecule has 0 aliphatic carbocycles. The fraction of sp³-hybridized carbons (Fsp3) is 0.350. The van der Waals surface area contributed by atoms with Gasteiger partial charge in [-0.25, -0.2) is 4.79 Å². The van der Waals surface area contributed by atoms with Gasteiger partial charge in [0.2, 0.25) is 0 Å². The molecule has 25 heavy (non-hydrogen) atoms. The normalized spacial score (nSPS) is 12.3. The van der Waals surface area contributed by atoms with E-state index in [9.17, 15) is 9.90 Å². The predicted molar refractivity (Wildman–Crippen MR) is 99.7 cm³/mol. The van der Waals surface area contributed by atoms with Crippen molar-refractivity contribution in [1.29, 1.82) is 0 Å². The largest absolute Gasteiger partial charge is 0.489 e. The SMILES string of the molecule is CC(C)(C)C(O)CNC(=O)Nc1ccccc1COc1ccccc1. The zero-order valence-corrected chi connectivity index (χ0v) is 15.0. The standard InChI is InChI=1S/C20H26N2O3/c1-20(2,3)18(23)13-21-19(24)22-17-12-8-7-9-15(17)14-25-16-10-5-4-6-11-16/h4-12,18,23H,13-14H2,1-3H3,(H2,21,22,24). The summed E-state index contributed by atoms with van der Waals surface area (Å²) in [6.45, 7) is 6.32. The Hall–Kier alpha value is -2.53. The van der Waals surface area contributed by atoms with E-state index < -0.39 is 6.10 Å². The summed E-state index contributed by atoms with van der Waals surface area (Å²) in [6.07, 6.45) is -0.616. The molecule has 2 aromatic carbocycles. The zero-order valence-electron chi connectivity index (χ0n) is 15.0. The van der Waals surface area contributed by atoms with E-state index in [1.54, 1.807) is 0 Å². The quantitative estimate of drug-likeness (QED) is 0.748. The molecular formula is C20H26N2O3. The van der Waals surface area contributed by atoms with Gasteiger partial charge in [0.25, 0.3) is 0 Å². The molecule has 5 nitrogen and oxygen atoms in total. The number of amides is 2. The summed E-state index contributed by atoms with van der Waals surface area (Å²) in [6, 6.07) is 16.6. The van der Waals surface area contributed by atoms with E-state index in [0.717, 1.165) is 11.3 Å². The summed E-state index contributed by atoms with van der Waals surface area (Å²) in [5.41, 5.74) is 1.27. The van der Waals surface area contributed by atoms with Crippen molar-refractivity contribution in [2.75, 3.05) is 11.9 Å². The monoisotopic (exact) mass is 342 g/mol. The van der Waals surface area contributed by atoms with Crippen LogP contribution in [-0.4, -0.2) is 23.8 Å². The average molecular weight is 342 g/mol. The van der Waals surface area contributed by atoms with Crippen molar-refractivity contribution >= 4 is 11.7 Å². The molecule has 1 unspecified atom stereocenters. The number of rotatable bonds is 6. The second-order valence-corrected chi connectivity index (χ2v) is 6.98. The molecule has 0 heterocycles. The molecule has 134 valence electrons. The van der Waals surface area contributed by atoms with Crippen molar-refractivity contribution < 1.29 is 14.6 Å². The molecule has 0 aliphatic rings. The highest BCUT2D eigenvalue weighted by molar-refractivity contribution is 5.90.